The second-order valence-corrected chi connectivity index (χ2v) is 9.28. The Bertz CT molecular complexity index is 1350. The van der Waals surface area contributed by atoms with E-state index in [2.05, 4.69) is 4.90 Å². The molecule has 6 nitrogen and oxygen atoms in total. The van der Waals surface area contributed by atoms with Gasteiger partial charge in [-0.2, -0.15) is 0 Å². The van der Waals surface area contributed by atoms with E-state index in [1.807, 2.05) is 19.1 Å². The Morgan fingerprint density at radius 3 is 2.38 bits per heavy atom. The number of ether oxygens (including phenoxy) is 1. The Balaban J connectivity index is 1.61. The number of Topliss-reactive ketones (excluding diaryl/α,β-unsaturated/α-hetero) is 1. The van der Waals surface area contributed by atoms with Gasteiger partial charge in [0.15, 0.2) is 0 Å². The maximum atomic E-state index is 15.1. The number of carbonyl (C=O) groups excluding carboxylic acids is 2. The Morgan fingerprint density at radius 1 is 0.973 bits per heavy atom. The normalized spacial score (nSPS) is 19.0. The van der Waals surface area contributed by atoms with E-state index in [9.17, 15) is 14.7 Å². The highest BCUT2D eigenvalue weighted by Gasteiger charge is 2.47. The van der Waals surface area contributed by atoms with Gasteiger partial charge in [-0.1, -0.05) is 37.3 Å². The van der Waals surface area contributed by atoms with Crippen LogP contribution in [0, 0.1) is 5.82 Å². The lowest BCUT2D eigenvalue weighted by Gasteiger charge is -2.26. The maximum absolute atomic E-state index is 15.1. The van der Waals surface area contributed by atoms with E-state index in [1.54, 1.807) is 48.5 Å². The molecule has 3 aromatic carbocycles. The van der Waals surface area contributed by atoms with Crippen molar-refractivity contribution in [2.45, 2.75) is 32.2 Å². The number of nitrogens with zero attached hydrogens (tertiary/aromatic N) is 2. The summed E-state index contributed by atoms with van der Waals surface area (Å²) in [6.07, 6.45) is 3.08. The molecule has 5 rings (SSSR count). The van der Waals surface area contributed by atoms with Crippen LogP contribution in [-0.2, 0) is 9.59 Å². The van der Waals surface area contributed by atoms with E-state index < -0.39 is 23.5 Å². The molecule has 0 radical (unpaired) electrons. The van der Waals surface area contributed by atoms with E-state index in [0.717, 1.165) is 38.0 Å². The van der Waals surface area contributed by atoms with Crippen LogP contribution < -0.4 is 14.5 Å². The molecule has 1 amide bonds. The van der Waals surface area contributed by atoms with Crippen LogP contribution in [0.4, 0.5) is 15.8 Å². The van der Waals surface area contributed by atoms with Gasteiger partial charge in [0.1, 0.15) is 17.3 Å². The van der Waals surface area contributed by atoms with Gasteiger partial charge in [-0.15, -0.1) is 0 Å². The highest BCUT2D eigenvalue weighted by Crippen LogP contribution is 2.43. The van der Waals surface area contributed by atoms with Crippen molar-refractivity contribution in [2.24, 2.45) is 0 Å². The molecule has 37 heavy (non-hydrogen) atoms. The molecule has 0 saturated carbocycles. The minimum atomic E-state index is -1.13. The summed E-state index contributed by atoms with van der Waals surface area (Å²) in [7, 11) is 0. The topological polar surface area (TPSA) is 70.1 Å². The first-order chi connectivity index (χ1) is 18.0. The molecule has 0 bridgehead atoms. The molecule has 3 aromatic rings. The molecule has 0 aromatic heterocycles. The van der Waals surface area contributed by atoms with Crippen molar-refractivity contribution in [1.29, 1.82) is 0 Å². The number of rotatable bonds is 7. The molecule has 2 saturated heterocycles. The van der Waals surface area contributed by atoms with Crippen molar-refractivity contribution < 1.29 is 23.8 Å². The molecule has 0 aliphatic carbocycles. The summed E-state index contributed by atoms with van der Waals surface area (Å²) >= 11 is 0. The molecule has 2 heterocycles. The molecule has 1 N–H and O–H groups in total. The third-order valence-corrected chi connectivity index (χ3v) is 6.82. The number of anilines is 2. The highest BCUT2D eigenvalue weighted by molar-refractivity contribution is 6.51. The van der Waals surface area contributed by atoms with Crippen LogP contribution in [0.3, 0.4) is 0 Å². The van der Waals surface area contributed by atoms with Gasteiger partial charge in [0.2, 0.25) is 0 Å². The second-order valence-electron chi connectivity index (χ2n) is 9.28. The molecule has 0 spiro atoms. The van der Waals surface area contributed by atoms with Crippen molar-refractivity contribution in [1.82, 2.24) is 0 Å². The Morgan fingerprint density at radius 2 is 1.68 bits per heavy atom. The lowest BCUT2D eigenvalue weighted by molar-refractivity contribution is -0.132. The standard InChI is InChI=1S/C30H29FN2O4/c1-2-18-37-23-9-7-8-20(19-23)28(34)26-27(24-10-3-4-11-25(24)31)33(30(36)29(26)35)22-14-12-21(13-15-22)32-16-5-6-17-32/h3-4,7-15,19,27,34H,2,5-6,16-18H2,1H3/b28-26+. The molecule has 2 fully saturated rings. The summed E-state index contributed by atoms with van der Waals surface area (Å²) in [5, 5.41) is 11.3. The van der Waals surface area contributed by atoms with Crippen molar-refractivity contribution >= 4 is 28.8 Å². The molecule has 1 atom stereocenters. The number of aliphatic hydroxyl groups excluding tert-OH is 1. The van der Waals surface area contributed by atoms with Crippen LogP contribution in [0.25, 0.3) is 5.76 Å². The summed E-state index contributed by atoms with van der Waals surface area (Å²) in [4.78, 5) is 30.3. The first kappa shape index (κ1) is 24.6. The number of hydrogen-bond donors (Lipinski definition) is 1. The largest absolute Gasteiger partial charge is 0.507 e. The third-order valence-electron chi connectivity index (χ3n) is 6.82. The number of halogens is 1. The van der Waals surface area contributed by atoms with E-state index in [1.165, 1.54) is 17.0 Å². The quantitative estimate of drug-likeness (QED) is 0.251. The van der Waals surface area contributed by atoms with Crippen LogP contribution in [0.5, 0.6) is 5.75 Å². The molecular formula is C30H29FN2O4. The van der Waals surface area contributed by atoms with E-state index >= 15 is 4.39 Å². The smallest absolute Gasteiger partial charge is 0.300 e. The summed E-state index contributed by atoms with van der Waals surface area (Å²) in [5.41, 5.74) is 1.77. The highest BCUT2D eigenvalue weighted by atomic mass is 19.1. The van der Waals surface area contributed by atoms with Gasteiger partial charge >= 0.3 is 0 Å². The molecular weight excluding hydrogens is 471 g/mol. The number of amides is 1. The Hall–Kier alpha value is -4.13. The number of benzene rings is 3. The average Bonchev–Trinajstić information content (AvgIpc) is 3.55. The lowest BCUT2D eigenvalue weighted by atomic mass is 9.94. The molecule has 2 aliphatic heterocycles. The molecule has 7 heteroatoms. The summed E-state index contributed by atoms with van der Waals surface area (Å²) in [6, 6.07) is 18.9. The van der Waals surface area contributed by atoms with Gasteiger partial charge in [0.25, 0.3) is 11.7 Å². The van der Waals surface area contributed by atoms with E-state index in [0.29, 0.717) is 23.6 Å². The first-order valence-electron chi connectivity index (χ1n) is 12.6. The van der Waals surface area contributed by atoms with Crippen molar-refractivity contribution in [2.75, 3.05) is 29.5 Å². The molecule has 2 aliphatic rings. The summed E-state index contributed by atoms with van der Waals surface area (Å²) < 4.78 is 20.8. The Kier molecular flexibility index (Phi) is 6.95. The monoisotopic (exact) mass is 500 g/mol. The molecule has 190 valence electrons. The van der Waals surface area contributed by atoms with Gasteiger partial charge in [-0.25, -0.2) is 4.39 Å². The first-order valence-corrected chi connectivity index (χ1v) is 12.6. The zero-order valence-corrected chi connectivity index (χ0v) is 20.7. The second kappa shape index (κ2) is 10.5. The van der Waals surface area contributed by atoms with Gasteiger partial charge in [0.05, 0.1) is 18.2 Å². The van der Waals surface area contributed by atoms with E-state index in [4.69, 9.17) is 4.74 Å². The zero-order chi connectivity index (χ0) is 25.9. The minimum Gasteiger partial charge on any atom is -0.507 e. The zero-order valence-electron chi connectivity index (χ0n) is 20.7. The SMILES string of the molecule is CCCOc1cccc(/C(O)=C2\C(=O)C(=O)N(c3ccc(N4CCCC4)cc3)C2c2ccccc2F)c1. The van der Waals surface area contributed by atoms with Gasteiger partial charge in [-0.05, 0) is 61.7 Å². The number of aliphatic hydroxyl groups is 1. The van der Waals surface area contributed by atoms with Crippen LogP contribution in [0.2, 0.25) is 0 Å². The number of carbonyl (C=O) groups is 2. The van der Waals surface area contributed by atoms with Crippen molar-refractivity contribution in [3.05, 3.63) is 95.3 Å². The van der Waals surface area contributed by atoms with E-state index in [-0.39, 0.29) is 16.9 Å². The minimum absolute atomic E-state index is 0.130. The lowest BCUT2D eigenvalue weighted by Crippen LogP contribution is -2.30. The summed E-state index contributed by atoms with van der Waals surface area (Å²) in [6.45, 7) is 4.43. The van der Waals surface area contributed by atoms with Gasteiger partial charge in [-0.3, -0.25) is 14.5 Å². The fraction of sp³-hybridized carbons (Fsp3) is 0.267. The van der Waals surface area contributed by atoms with Gasteiger partial charge in [0, 0.05) is 35.6 Å². The van der Waals surface area contributed by atoms with Crippen molar-refractivity contribution in [3.8, 4) is 5.75 Å². The predicted octanol–water partition coefficient (Wildman–Crippen LogP) is 5.84. The predicted molar refractivity (Wildman–Crippen MR) is 141 cm³/mol. The molecule has 1 unspecified atom stereocenters. The fourth-order valence-electron chi connectivity index (χ4n) is 5.00. The number of hydrogen-bond acceptors (Lipinski definition) is 5. The summed E-state index contributed by atoms with van der Waals surface area (Å²) in [5.74, 6) is -2.10. The van der Waals surface area contributed by atoms with Crippen LogP contribution in [0.15, 0.2) is 78.4 Å². The van der Waals surface area contributed by atoms with Crippen LogP contribution in [0.1, 0.15) is 43.4 Å². The van der Waals surface area contributed by atoms with Crippen molar-refractivity contribution in [3.63, 3.8) is 0 Å². The van der Waals surface area contributed by atoms with Crippen LogP contribution >= 0.6 is 0 Å². The number of ketones is 1. The maximum Gasteiger partial charge on any atom is 0.300 e. The third kappa shape index (κ3) is 4.69. The fourth-order valence-corrected chi connectivity index (χ4v) is 5.00. The average molecular weight is 501 g/mol. The van der Waals surface area contributed by atoms with Gasteiger partial charge < -0.3 is 14.7 Å². The van der Waals surface area contributed by atoms with Crippen LogP contribution in [-0.4, -0.2) is 36.5 Å². The Labute approximate surface area is 215 Å².